The molecule has 0 heterocycles. The first-order chi connectivity index (χ1) is 10.2. The second-order valence-electron chi connectivity index (χ2n) is 5.56. The zero-order valence-corrected chi connectivity index (χ0v) is 13.4. The van der Waals surface area contributed by atoms with Crippen LogP contribution in [0.25, 0.3) is 0 Å². The molecule has 1 N–H and O–H groups in total. The molecule has 1 saturated carbocycles. The Bertz CT molecular complexity index is 430. The predicted octanol–water partition coefficient (Wildman–Crippen LogP) is 3.31. The summed E-state index contributed by atoms with van der Waals surface area (Å²) < 4.78 is 16.6. The number of methoxy groups -OCH3 is 2. The van der Waals surface area contributed by atoms with Crippen molar-refractivity contribution in [3.05, 3.63) is 23.8 Å². The second kappa shape index (κ2) is 8.25. The van der Waals surface area contributed by atoms with E-state index in [0.29, 0.717) is 6.10 Å². The molecule has 0 amide bonds. The van der Waals surface area contributed by atoms with Crippen LogP contribution in [-0.4, -0.2) is 33.5 Å². The van der Waals surface area contributed by atoms with Gasteiger partial charge in [-0.15, -0.1) is 0 Å². The van der Waals surface area contributed by atoms with Gasteiger partial charge in [0.05, 0.1) is 26.9 Å². The van der Waals surface area contributed by atoms with E-state index in [2.05, 4.69) is 12.2 Å². The minimum absolute atomic E-state index is 0.197. The summed E-state index contributed by atoms with van der Waals surface area (Å²) in [5, 5.41) is 3.49. The molecule has 0 aliphatic heterocycles. The van der Waals surface area contributed by atoms with Crippen molar-refractivity contribution in [2.24, 2.45) is 0 Å². The summed E-state index contributed by atoms with van der Waals surface area (Å²) in [4.78, 5) is 0. The summed E-state index contributed by atoms with van der Waals surface area (Å²) in [5.41, 5.74) is 1.11. The lowest BCUT2D eigenvalue weighted by Gasteiger charge is -2.19. The highest BCUT2D eigenvalue weighted by Gasteiger charge is 2.16. The van der Waals surface area contributed by atoms with E-state index in [-0.39, 0.29) is 6.04 Å². The molecule has 1 aromatic carbocycles. The summed E-state index contributed by atoms with van der Waals surface area (Å²) >= 11 is 0. The Balaban J connectivity index is 1.82. The van der Waals surface area contributed by atoms with Crippen LogP contribution in [0.4, 0.5) is 0 Å². The Kier molecular flexibility index (Phi) is 6.33. The van der Waals surface area contributed by atoms with Crippen LogP contribution in [0.2, 0.25) is 0 Å². The standard InChI is InChI=1S/C17H27NO3/c1-13(18-10-11-21-14-6-4-5-7-14)16-12-15(19-2)8-9-17(16)20-3/h8-9,12-14,18H,4-7,10-11H2,1-3H3. The van der Waals surface area contributed by atoms with Gasteiger partial charge in [-0.2, -0.15) is 0 Å². The molecule has 1 unspecified atom stereocenters. The molecule has 0 radical (unpaired) electrons. The zero-order chi connectivity index (χ0) is 15.1. The third-order valence-electron chi connectivity index (χ3n) is 4.11. The molecule has 0 spiro atoms. The fraction of sp³-hybridized carbons (Fsp3) is 0.647. The van der Waals surface area contributed by atoms with Crippen molar-refractivity contribution in [3.63, 3.8) is 0 Å². The lowest BCUT2D eigenvalue weighted by Crippen LogP contribution is -2.25. The van der Waals surface area contributed by atoms with Gasteiger partial charge in [-0.25, -0.2) is 0 Å². The molecule has 118 valence electrons. The molecule has 1 aliphatic carbocycles. The fourth-order valence-electron chi connectivity index (χ4n) is 2.84. The van der Waals surface area contributed by atoms with Crippen molar-refractivity contribution in [1.82, 2.24) is 5.32 Å². The average Bonchev–Trinajstić information content (AvgIpc) is 3.04. The summed E-state index contributed by atoms with van der Waals surface area (Å²) in [5.74, 6) is 1.73. The number of ether oxygens (including phenoxy) is 3. The first-order valence-electron chi connectivity index (χ1n) is 7.81. The monoisotopic (exact) mass is 293 g/mol. The van der Waals surface area contributed by atoms with E-state index < -0.39 is 0 Å². The van der Waals surface area contributed by atoms with E-state index in [1.54, 1.807) is 14.2 Å². The van der Waals surface area contributed by atoms with E-state index >= 15 is 0 Å². The van der Waals surface area contributed by atoms with Crippen molar-refractivity contribution >= 4 is 0 Å². The van der Waals surface area contributed by atoms with Gasteiger partial charge in [0.1, 0.15) is 11.5 Å². The van der Waals surface area contributed by atoms with Crippen molar-refractivity contribution in [3.8, 4) is 11.5 Å². The predicted molar refractivity (Wildman–Crippen MR) is 84.2 cm³/mol. The average molecular weight is 293 g/mol. The second-order valence-corrected chi connectivity index (χ2v) is 5.56. The Morgan fingerprint density at radius 2 is 1.95 bits per heavy atom. The maximum atomic E-state index is 5.87. The highest BCUT2D eigenvalue weighted by molar-refractivity contribution is 5.42. The third-order valence-corrected chi connectivity index (χ3v) is 4.11. The molecule has 1 fully saturated rings. The van der Waals surface area contributed by atoms with Crippen LogP contribution < -0.4 is 14.8 Å². The molecule has 0 aromatic heterocycles. The molecular formula is C17H27NO3. The van der Waals surface area contributed by atoms with Gasteiger partial charge in [0.15, 0.2) is 0 Å². The number of benzene rings is 1. The van der Waals surface area contributed by atoms with Crippen LogP contribution in [0.15, 0.2) is 18.2 Å². The number of rotatable bonds is 8. The smallest absolute Gasteiger partial charge is 0.123 e. The maximum Gasteiger partial charge on any atom is 0.123 e. The van der Waals surface area contributed by atoms with Gasteiger partial charge < -0.3 is 19.5 Å². The molecule has 1 aromatic rings. The first-order valence-corrected chi connectivity index (χ1v) is 7.81. The molecule has 1 aliphatic rings. The Morgan fingerprint density at radius 1 is 1.19 bits per heavy atom. The lowest BCUT2D eigenvalue weighted by molar-refractivity contribution is 0.0593. The third kappa shape index (κ3) is 4.61. The van der Waals surface area contributed by atoms with Crippen molar-refractivity contribution in [2.45, 2.75) is 44.8 Å². The molecule has 0 bridgehead atoms. The van der Waals surface area contributed by atoms with Crippen LogP contribution in [0.1, 0.15) is 44.2 Å². The number of hydrogen-bond donors (Lipinski definition) is 1. The Labute approximate surface area is 127 Å². The minimum Gasteiger partial charge on any atom is -0.497 e. The van der Waals surface area contributed by atoms with Crippen molar-refractivity contribution in [1.29, 1.82) is 0 Å². The highest BCUT2D eigenvalue weighted by Crippen LogP contribution is 2.29. The van der Waals surface area contributed by atoms with Gasteiger partial charge in [-0.05, 0) is 38.0 Å². The van der Waals surface area contributed by atoms with Gasteiger partial charge in [0.25, 0.3) is 0 Å². The summed E-state index contributed by atoms with van der Waals surface area (Å²) in [6.07, 6.45) is 5.55. The highest BCUT2D eigenvalue weighted by atomic mass is 16.5. The van der Waals surface area contributed by atoms with Crippen LogP contribution in [0.5, 0.6) is 11.5 Å². The van der Waals surface area contributed by atoms with E-state index in [4.69, 9.17) is 14.2 Å². The van der Waals surface area contributed by atoms with Crippen LogP contribution >= 0.6 is 0 Å². The first kappa shape index (κ1) is 16.1. The normalized spacial score (nSPS) is 16.9. The quantitative estimate of drug-likeness (QED) is 0.746. The zero-order valence-electron chi connectivity index (χ0n) is 13.4. The van der Waals surface area contributed by atoms with Gasteiger partial charge in [-0.1, -0.05) is 12.8 Å². The molecule has 0 saturated heterocycles. The largest absolute Gasteiger partial charge is 0.497 e. The molecular weight excluding hydrogens is 266 g/mol. The Hall–Kier alpha value is -1.26. The van der Waals surface area contributed by atoms with Crippen LogP contribution in [0, 0.1) is 0 Å². The summed E-state index contributed by atoms with van der Waals surface area (Å²) in [7, 11) is 3.38. The van der Waals surface area contributed by atoms with Gasteiger partial charge in [-0.3, -0.25) is 0 Å². The number of nitrogens with one attached hydrogen (secondary N) is 1. The molecule has 4 nitrogen and oxygen atoms in total. The summed E-state index contributed by atoms with van der Waals surface area (Å²) in [6, 6.07) is 6.08. The summed E-state index contributed by atoms with van der Waals surface area (Å²) in [6.45, 7) is 3.74. The van der Waals surface area contributed by atoms with E-state index in [1.807, 2.05) is 18.2 Å². The van der Waals surface area contributed by atoms with E-state index in [9.17, 15) is 0 Å². The number of hydrogen-bond acceptors (Lipinski definition) is 4. The van der Waals surface area contributed by atoms with Crippen LogP contribution in [-0.2, 0) is 4.74 Å². The minimum atomic E-state index is 0.197. The SMILES string of the molecule is COc1ccc(OC)c(C(C)NCCOC2CCCC2)c1. The van der Waals surface area contributed by atoms with Crippen molar-refractivity contribution in [2.75, 3.05) is 27.4 Å². The van der Waals surface area contributed by atoms with Crippen LogP contribution in [0.3, 0.4) is 0 Å². The molecule has 2 rings (SSSR count). The maximum absolute atomic E-state index is 5.87. The van der Waals surface area contributed by atoms with Gasteiger partial charge in [0, 0.05) is 18.2 Å². The topological polar surface area (TPSA) is 39.7 Å². The van der Waals surface area contributed by atoms with E-state index in [1.165, 1.54) is 25.7 Å². The van der Waals surface area contributed by atoms with Gasteiger partial charge >= 0.3 is 0 Å². The fourth-order valence-corrected chi connectivity index (χ4v) is 2.84. The lowest BCUT2D eigenvalue weighted by atomic mass is 10.1. The molecule has 1 atom stereocenters. The van der Waals surface area contributed by atoms with E-state index in [0.717, 1.165) is 30.2 Å². The van der Waals surface area contributed by atoms with Gasteiger partial charge in [0.2, 0.25) is 0 Å². The Morgan fingerprint density at radius 3 is 2.62 bits per heavy atom. The molecule has 4 heteroatoms. The molecule has 21 heavy (non-hydrogen) atoms. The van der Waals surface area contributed by atoms with Crippen molar-refractivity contribution < 1.29 is 14.2 Å².